The highest BCUT2D eigenvalue weighted by Gasteiger charge is 2.23. The van der Waals surface area contributed by atoms with Gasteiger partial charge in [0.1, 0.15) is 6.04 Å². The molecule has 2 N–H and O–H groups in total. The average molecular weight is 310 g/mol. The fraction of sp³-hybridized carbons (Fsp3) is 0.263. The van der Waals surface area contributed by atoms with Crippen molar-refractivity contribution in [3.05, 3.63) is 71.8 Å². The molecule has 0 aromatic heterocycles. The van der Waals surface area contributed by atoms with Crippen LogP contribution in [-0.2, 0) is 16.0 Å². The fourth-order valence-electron chi connectivity index (χ4n) is 2.31. The van der Waals surface area contributed by atoms with Crippen LogP contribution in [0, 0.1) is 0 Å². The van der Waals surface area contributed by atoms with Crippen LogP contribution in [0.4, 0.5) is 0 Å². The van der Waals surface area contributed by atoms with Crippen LogP contribution in [-0.4, -0.2) is 17.9 Å². The number of hydrogen-bond acceptors (Lipinski definition) is 2. The third-order valence-corrected chi connectivity index (χ3v) is 3.34. The van der Waals surface area contributed by atoms with Gasteiger partial charge < -0.3 is 10.6 Å². The van der Waals surface area contributed by atoms with Crippen molar-refractivity contribution < 1.29 is 9.59 Å². The van der Waals surface area contributed by atoms with Gasteiger partial charge in [0.05, 0.1) is 6.42 Å². The number of carbonyl (C=O) groups is 2. The minimum absolute atomic E-state index is 0.0136. The Labute approximate surface area is 136 Å². The quantitative estimate of drug-likeness (QED) is 0.861. The van der Waals surface area contributed by atoms with Crippen LogP contribution in [0.1, 0.15) is 31.0 Å². The summed E-state index contributed by atoms with van der Waals surface area (Å²) in [5, 5.41) is 5.69. The first-order valence-corrected chi connectivity index (χ1v) is 7.75. The predicted molar refractivity (Wildman–Crippen MR) is 90.8 cm³/mol. The number of amides is 2. The van der Waals surface area contributed by atoms with Gasteiger partial charge >= 0.3 is 0 Å². The Balaban J connectivity index is 2.11. The molecule has 0 aliphatic heterocycles. The zero-order chi connectivity index (χ0) is 16.7. The minimum Gasteiger partial charge on any atom is -0.352 e. The molecule has 0 unspecified atom stereocenters. The molecular weight excluding hydrogens is 288 g/mol. The molecule has 4 nitrogen and oxygen atoms in total. The molecule has 0 spiro atoms. The normalized spacial score (nSPS) is 11.8. The van der Waals surface area contributed by atoms with Crippen LogP contribution >= 0.6 is 0 Å². The van der Waals surface area contributed by atoms with Crippen LogP contribution in [0.3, 0.4) is 0 Å². The summed E-state index contributed by atoms with van der Waals surface area (Å²) in [4.78, 5) is 24.7. The Hall–Kier alpha value is -2.62. The van der Waals surface area contributed by atoms with Gasteiger partial charge in [0.15, 0.2) is 0 Å². The van der Waals surface area contributed by atoms with Gasteiger partial charge in [-0.3, -0.25) is 9.59 Å². The van der Waals surface area contributed by atoms with E-state index in [9.17, 15) is 9.59 Å². The van der Waals surface area contributed by atoms with Crippen molar-refractivity contribution in [3.63, 3.8) is 0 Å². The Bertz CT molecular complexity index is 639. The maximum Gasteiger partial charge on any atom is 0.247 e. The molecule has 0 heterocycles. The topological polar surface area (TPSA) is 58.2 Å². The molecular formula is C19H22N2O2. The van der Waals surface area contributed by atoms with Crippen molar-refractivity contribution in [1.29, 1.82) is 0 Å². The molecule has 0 saturated heterocycles. The van der Waals surface area contributed by atoms with Crippen LogP contribution in [0.25, 0.3) is 0 Å². The van der Waals surface area contributed by atoms with E-state index in [0.29, 0.717) is 0 Å². The predicted octanol–water partition coefficient (Wildman–Crippen LogP) is 2.61. The highest BCUT2D eigenvalue weighted by atomic mass is 16.2. The molecule has 4 heteroatoms. The summed E-state index contributed by atoms with van der Waals surface area (Å²) in [6, 6.07) is 18.1. The summed E-state index contributed by atoms with van der Waals surface area (Å²) in [7, 11) is 0. The number of nitrogens with one attached hydrogen (secondary N) is 2. The fourth-order valence-corrected chi connectivity index (χ4v) is 2.31. The summed E-state index contributed by atoms with van der Waals surface area (Å²) in [5.74, 6) is -0.378. The molecule has 2 rings (SSSR count). The molecule has 23 heavy (non-hydrogen) atoms. The first-order chi connectivity index (χ1) is 11.1. The van der Waals surface area contributed by atoms with Gasteiger partial charge in [-0.25, -0.2) is 0 Å². The van der Waals surface area contributed by atoms with Gasteiger partial charge in [0, 0.05) is 6.04 Å². The smallest absolute Gasteiger partial charge is 0.247 e. The molecule has 2 aromatic carbocycles. The summed E-state index contributed by atoms with van der Waals surface area (Å²) >= 11 is 0. The van der Waals surface area contributed by atoms with Crippen LogP contribution < -0.4 is 10.6 Å². The second-order valence-electron chi connectivity index (χ2n) is 5.74. The Morgan fingerprint density at radius 3 is 2.00 bits per heavy atom. The van der Waals surface area contributed by atoms with Crippen molar-refractivity contribution in [2.75, 3.05) is 0 Å². The zero-order valence-electron chi connectivity index (χ0n) is 13.5. The van der Waals surface area contributed by atoms with Gasteiger partial charge in [-0.05, 0) is 25.0 Å². The third-order valence-electron chi connectivity index (χ3n) is 3.34. The van der Waals surface area contributed by atoms with Gasteiger partial charge in [-0.15, -0.1) is 0 Å². The molecule has 0 saturated carbocycles. The number of rotatable bonds is 6. The molecule has 2 amide bonds. The standard InChI is InChI=1S/C19H22N2O2/c1-14(2)20-19(23)18(16-11-7-4-8-12-16)21-17(22)13-15-9-5-3-6-10-15/h3-12,14,18H,13H2,1-2H3,(H,20,23)(H,21,22)/t18-/m0/s1. The molecule has 1 atom stereocenters. The van der Waals surface area contributed by atoms with E-state index >= 15 is 0 Å². The molecule has 0 aliphatic rings. The summed E-state index contributed by atoms with van der Waals surface area (Å²) in [5.41, 5.74) is 1.69. The average Bonchev–Trinajstić information content (AvgIpc) is 2.53. The SMILES string of the molecule is CC(C)NC(=O)[C@@H](NC(=O)Cc1ccccc1)c1ccccc1. The van der Waals surface area contributed by atoms with E-state index in [1.54, 1.807) is 0 Å². The maximum absolute atomic E-state index is 12.4. The lowest BCUT2D eigenvalue weighted by Gasteiger charge is -2.20. The third kappa shape index (κ3) is 5.25. The van der Waals surface area contributed by atoms with Crippen molar-refractivity contribution in [3.8, 4) is 0 Å². The molecule has 0 radical (unpaired) electrons. The van der Waals surface area contributed by atoms with Crippen molar-refractivity contribution in [2.24, 2.45) is 0 Å². The number of carbonyl (C=O) groups excluding carboxylic acids is 2. The lowest BCUT2D eigenvalue weighted by molar-refractivity contribution is -0.129. The van der Waals surface area contributed by atoms with Gasteiger partial charge in [0.2, 0.25) is 11.8 Å². The molecule has 120 valence electrons. The van der Waals surface area contributed by atoms with E-state index < -0.39 is 6.04 Å². The van der Waals surface area contributed by atoms with Crippen molar-refractivity contribution in [1.82, 2.24) is 10.6 Å². The monoisotopic (exact) mass is 310 g/mol. The lowest BCUT2D eigenvalue weighted by atomic mass is 10.0. The molecule has 0 bridgehead atoms. The van der Waals surface area contributed by atoms with E-state index in [4.69, 9.17) is 0 Å². The Morgan fingerprint density at radius 1 is 0.870 bits per heavy atom. The van der Waals surface area contributed by atoms with Crippen molar-refractivity contribution in [2.45, 2.75) is 32.4 Å². The lowest BCUT2D eigenvalue weighted by Crippen LogP contribution is -2.43. The number of hydrogen-bond donors (Lipinski definition) is 2. The van der Waals surface area contributed by atoms with Crippen molar-refractivity contribution >= 4 is 11.8 Å². The van der Waals surface area contributed by atoms with E-state index in [-0.39, 0.29) is 24.3 Å². The Morgan fingerprint density at radius 2 is 1.43 bits per heavy atom. The summed E-state index contributed by atoms with van der Waals surface area (Å²) in [6.07, 6.45) is 0.249. The van der Waals surface area contributed by atoms with Gasteiger partial charge in [-0.2, -0.15) is 0 Å². The summed E-state index contributed by atoms with van der Waals surface area (Å²) in [6.45, 7) is 3.79. The zero-order valence-corrected chi connectivity index (χ0v) is 13.5. The molecule has 2 aromatic rings. The first-order valence-electron chi connectivity index (χ1n) is 7.75. The van der Waals surface area contributed by atoms with E-state index in [0.717, 1.165) is 11.1 Å². The molecule has 0 fully saturated rings. The largest absolute Gasteiger partial charge is 0.352 e. The maximum atomic E-state index is 12.4. The van der Waals surface area contributed by atoms with Gasteiger partial charge in [0.25, 0.3) is 0 Å². The van der Waals surface area contributed by atoms with E-state index in [1.807, 2.05) is 74.5 Å². The second-order valence-corrected chi connectivity index (χ2v) is 5.74. The van der Waals surface area contributed by atoms with Crippen LogP contribution in [0.2, 0.25) is 0 Å². The second kappa shape index (κ2) is 8.13. The van der Waals surface area contributed by atoms with Crippen LogP contribution in [0.15, 0.2) is 60.7 Å². The minimum atomic E-state index is -0.685. The highest BCUT2D eigenvalue weighted by molar-refractivity contribution is 5.89. The Kier molecular flexibility index (Phi) is 5.92. The van der Waals surface area contributed by atoms with E-state index in [2.05, 4.69) is 10.6 Å². The molecule has 0 aliphatic carbocycles. The van der Waals surface area contributed by atoms with Gasteiger partial charge in [-0.1, -0.05) is 60.7 Å². The number of benzene rings is 2. The van der Waals surface area contributed by atoms with Crippen LogP contribution in [0.5, 0.6) is 0 Å². The summed E-state index contributed by atoms with van der Waals surface area (Å²) < 4.78 is 0. The van der Waals surface area contributed by atoms with E-state index in [1.165, 1.54) is 0 Å². The highest BCUT2D eigenvalue weighted by Crippen LogP contribution is 2.13. The first kappa shape index (κ1) is 16.7.